The first-order valence-electron chi connectivity index (χ1n) is 11.8. The molecule has 2 fully saturated rings. The lowest BCUT2D eigenvalue weighted by molar-refractivity contribution is -0.163. The number of likely N-dealkylation sites (tertiary alicyclic amines) is 1. The van der Waals surface area contributed by atoms with Crippen molar-refractivity contribution in [2.45, 2.75) is 44.3 Å². The van der Waals surface area contributed by atoms with Gasteiger partial charge in [-0.3, -0.25) is 9.79 Å². The van der Waals surface area contributed by atoms with Gasteiger partial charge in [0.2, 0.25) is 5.91 Å². The molecule has 4 atom stereocenters. The molecule has 9 nitrogen and oxygen atoms in total. The van der Waals surface area contributed by atoms with Gasteiger partial charge in [0.05, 0.1) is 24.6 Å². The summed E-state index contributed by atoms with van der Waals surface area (Å²) in [6, 6.07) is 8.08. The molecule has 0 aromatic heterocycles. The SMILES string of the molecule is CC(O)C1C(=O)N2C(C(=O)O)=C(SC3CN(C4=NCCN4Cc4ccc(CN)cc4)C3)C(C)C12. The van der Waals surface area contributed by atoms with E-state index in [4.69, 9.17) is 10.7 Å². The number of nitrogens with zero attached hydrogens (tertiary/aromatic N) is 4. The Kier molecular flexibility index (Phi) is 6.07. The number of aliphatic imine (C=N–C) groups is 1. The molecule has 1 aromatic carbocycles. The number of fused-ring (bicyclic) bond motifs is 1. The number of thioether (sulfide) groups is 1. The molecule has 5 rings (SSSR count). The van der Waals surface area contributed by atoms with E-state index in [0.717, 1.165) is 49.2 Å². The number of hydrogen-bond acceptors (Lipinski definition) is 8. The maximum absolute atomic E-state index is 12.5. The maximum Gasteiger partial charge on any atom is 0.353 e. The third-order valence-corrected chi connectivity index (χ3v) is 8.72. The maximum atomic E-state index is 12.5. The standard InChI is InChI=1S/C24H31N5O4S/c1-13-19-18(14(2)30)22(31)29(19)20(23(32)33)21(13)34-17-11-28(12-17)24-26-7-8-27(24)10-16-5-3-15(9-25)4-6-16/h3-6,13-14,17-19,30H,7-12,25H2,1-2H3,(H,32,33). The zero-order valence-electron chi connectivity index (χ0n) is 19.4. The Hall–Kier alpha value is -2.56. The number of β-lactam (4-membered cyclic amide) rings is 1. The van der Waals surface area contributed by atoms with Crippen LogP contribution in [0.4, 0.5) is 0 Å². The number of benzene rings is 1. The van der Waals surface area contributed by atoms with Crippen molar-refractivity contribution in [1.82, 2.24) is 14.7 Å². The van der Waals surface area contributed by atoms with Crippen LogP contribution in [0.15, 0.2) is 39.9 Å². The van der Waals surface area contributed by atoms with E-state index in [-0.39, 0.29) is 28.8 Å². The average molecular weight is 486 g/mol. The lowest BCUT2D eigenvalue weighted by atomic mass is 9.79. The van der Waals surface area contributed by atoms with Gasteiger partial charge in [0, 0.05) is 48.8 Å². The van der Waals surface area contributed by atoms with Crippen molar-refractivity contribution in [3.05, 3.63) is 46.0 Å². The van der Waals surface area contributed by atoms with Crippen molar-refractivity contribution in [1.29, 1.82) is 0 Å². The molecule has 0 spiro atoms. The fourth-order valence-corrected chi connectivity index (χ4v) is 6.98. The molecule has 1 aromatic rings. The van der Waals surface area contributed by atoms with Crippen LogP contribution >= 0.6 is 11.8 Å². The Morgan fingerprint density at radius 1 is 1.26 bits per heavy atom. The summed E-state index contributed by atoms with van der Waals surface area (Å²) in [5, 5.41) is 20.1. The second kappa shape index (κ2) is 8.90. The lowest BCUT2D eigenvalue weighted by Crippen LogP contribution is -2.63. The van der Waals surface area contributed by atoms with Crippen LogP contribution in [0.3, 0.4) is 0 Å². The first kappa shape index (κ1) is 23.2. The topological polar surface area (TPSA) is 123 Å². The third kappa shape index (κ3) is 3.77. The number of rotatable bonds is 7. The molecule has 4 N–H and O–H groups in total. The van der Waals surface area contributed by atoms with Gasteiger partial charge >= 0.3 is 5.97 Å². The molecule has 1 amide bonds. The molecule has 0 saturated carbocycles. The van der Waals surface area contributed by atoms with Crippen molar-refractivity contribution in [2.24, 2.45) is 22.6 Å². The lowest BCUT2D eigenvalue weighted by Gasteiger charge is -2.46. The minimum atomic E-state index is -1.07. The fourth-order valence-electron chi connectivity index (χ4n) is 5.46. The molecule has 2 saturated heterocycles. The largest absolute Gasteiger partial charge is 0.477 e. The normalized spacial score (nSPS) is 27.5. The van der Waals surface area contributed by atoms with Gasteiger partial charge in [-0.2, -0.15) is 0 Å². The van der Waals surface area contributed by atoms with Gasteiger partial charge in [-0.05, 0) is 18.1 Å². The van der Waals surface area contributed by atoms with E-state index in [1.165, 1.54) is 10.5 Å². The molecule has 4 unspecified atom stereocenters. The molecular weight excluding hydrogens is 454 g/mol. The number of guanidine groups is 1. The summed E-state index contributed by atoms with van der Waals surface area (Å²) in [5.41, 5.74) is 8.13. The number of carboxylic acids is 1. The Bertz CT molecular complexity index is 1050. The van der Waals surface area contributed by atoms with Gasteiger partial charge < -0.3 is 30.6 Å². The third-order valence-electron chi connectivity index (χ3n) is 7.27. The van der Waals surface area contributed by atoms with Crippen LogP contribution in [0.1, 0.15) is 25.0 Å². The zero-order valence-corrected chi connectivity index (χ0v) is 20.2. The average Bonchev–Trinajstić information content (AvgIpc) is 3.31. The second-order valence-corrected chi connectivity index (χ2v) is 10.9. The summed E-state index contributed by atoms with van der Waals surface area (Å²) in [6.07, 6.45) is -0.785. The predicted molar refractivity (Wildman–Crippen MR) is 130 cm³/mol. The molecule has 4 heterocycles. The molecule has 4 aliphatic heterocycles. The van der Waals surface area contributed by atoms with E-state index in [9.17, 15) is 19.8 Å². The van der Waals surface area contributed by atoms with Crippen molar-refractivity contribution in [3.63, 3.8) is 0 Å². The van der Waals surface area contributed by atoms with Crippen LogP contribution in [0, 0.1) is 11.8 Å². The predicted octanol–water partition coefficient (Wildman–Crippen LogP) is 0.888. The number of nitrogens with two attached hydrogens (primary N) is 1. The van der Waals surface area contributed by atoms with Gasteiger partial charge in [0.15, 0.2) is 5.96 Å². The Morgan fingerprint density at radius 2 is 1.94 bits per heavy atom. The highest BCUT2D eigenvalue weighted by Gasteiger charge is 2.60. The van der Waals surface area contributed by atoms with Crippen LogP contribution in [-0.4, -0.2) is 86.3 Å². The van der Waals surface area contributed by atoms with Crippen molar-refractivity contribution in [2.75, 3.05) is 26.2 Å². The van der Waals surface area contributed by atoms with Gasteiger partial charge in [-0.15, -0.1) is 11.8 Å². The Balaban J connectivity index is 1.22. The molecule has 4 aliphatic rings. The van der Waals surface area contributed by atoms with Gasteiger partial charge in [-0.1, -0.05) is 31.2 Å². The highest BCUT2D eigenvalue weighted by molar-refractivity contribution is 8.03. The highest BCUT2D eigenvalue weighted by Crippen LogP contribution is 2.52. The Morgan fingerprint density at radius 3 is 2.56 bits per heavy atom. The van der Waals surface area contributed by atoms with Crippen molar-refractivity contribution < 1.29 is 19.8 Å². The number of carboxylic acid groups (broad SMARTS) is 1. The first-order chi connectivity index (χ1) is 16.3. The number of amides is 1. The summed E-state index contributed by atoms with van der Waals surface area (Å²) in [4.78, 5) is 35.9. The van der Waals surface area contributed by atoms with Crippen LogP contribution < -0.4 is 5.73 Å². The van der Waals surface area contributed by atoms with Gasteiger partial charge in [0.25, 0.3) is 0 Å². The second-order valence-electron chi connectivity index (χ2n) is 9.54. The summed E-state index contributed by atoms with van der Waals surface area (Å²) < 4.78 is 0. The van der Waals surface area contributed by atoms with Crippen molar-refractivity contribution >= 4 is 29.6 Å². The van der Waals surface area contributed by atoms with E-state index in [1.54, 1.807) is 18.7 Å². The highest BCUT2D eigenvalue weighted by atomic mass is 32.2. The molecule has 0 radical (unpaired) electrons. The van der Waals surface area contributed by atoms with Gasteiger partial charge in [-0.25, -0.2) is 4.79 Å². The van der Waals surface area contributed by atoms with E-state index in [2.05, 4.69) is 34.1 Å². The summed E-state index contributed by atoms with van der Waals surface area (Å²) in [6.45, 7) is 8.12. The van der Waals surface area contributed by atoms with Crippen LogP contribution in [0.5, 0.6) is 0 Å². The van der Waals surface area contributed by atoms with E-state index >= 15 is 0 Å². The number of carbonyl (C=O) groups excluding carboxylic acids is 1. The fraction of sp³-hybridized carbons (Fsp3) is 0.542. The minimum Gasteiger partial charge on any atom is -0.477 e. The number of aliphatic carboxylic acids is 1. The van der Waals surface area contributed by atoms with E-state index in [0.29, 0.717) is 6.54 Å². The van der Waals surface area contributed by atoms with Crippen LogP contribution in [0.25, 0.3) is 0 Å². The number of aliphatic hydroxyl groups excluding tert-OH is 1. The number of carbonyl (C=O) groups is 2. The Labute approximate surface area is 203 Å². The molecule has 0 bridgehead atoms. The molecule has 10 heteroatoms. The minimum absolute atomic E-state index is 0.0979. The van der Waals surface area contributed by atoms with Crippen LogP contribution in [0.2, 0.25) is 0 Å². The quantitative estimate of drug-likeness (QED) is 0.487. The van der Waals surface area contributed by atoms with Gasteiger partial charge in [0.1, 0.15) is 5.70 Å². The van der Waals surface area contributed by atoms with Crippen molar-refractivity contribution in [3.8, 4) is 0 Å². The summed E-state index contributed by atoms with van der Waals surface area (Å²) in [7, 11) is 0. The number of hydrogen-bond donors (Lipinski definition) is 3. The summed E-state index contributed by atoms with van der Waals surface area (Å²) >= 11 is 1.57. The smallest absolute Gasteiger partial charge is 0.353 e. The molecular formula is C24H31N5O4S. The van der Waals surface area contributed by atoms with E-state index < -0.39 is 18.0 Å². The monoisotopic (exact) mass is 485 g/mol. The zero-order chi connectivity index (χ0) is 24.1. The molecule has 182 valence electrons. The van der Waals surface area contributed by atoms with Crippen LogP contribution in [-0.2, 0) is 22.7 Å². The molecule has 0 aliphatic carbocycles. The summed E-state index contributed by atoms with van der Waals surface area (Å²) in [5.74, 6) is -0.984. The van der Waals surface area contributed by atoms with E-state index in [1.807, 2.05) is 6.92 Å². The first-order valence-corrected chi connectivity index (χ1v) is 12.7. The molecule has 34 heavy (non-hydrogen) atoms. The number of aliphatic hydroxyl groups is 1.